The minimum Gasteiger partial charge on any atom is -0.383 e. The van der Waals surface area contributed by atoms with Crippen LogP contribution in [0.1, 0.15) is 12.0 Å². The number of guanidine groups is 1. The molecule has 1 aromatic rings. The molecule has 5 nitrogen and oxygen atoms in total. The first kappa shape index (κ1) is 13.5. The number of nitrogens with one attached hydrogen (secondary N) is 2. The molecule has 2 aliphatic rings. The zero-order valence-corrected chi connectivity index (χ0v) is 12.1. The maximum atomic E-state index is 12.5. The molecule has 1 unspecified atom stereocenters. The zero-order chi connectivity index (χ0) is 14.0. The van der Waals surface area contributed by atoms with E-state index < -0.39 is 5.54 Å². The van der Waals surface area contributed by atoms with E-state index in [9.17, 15) is 4.79 Å². The van der Waals surface area contributed by atoms with Gasteiger partial charge in [-0.1, -0.05) is 18.2 Å². The molecule has 3 rings (SSSR count). The van der Waals surface area contributed by atoms with Gasteiger partial charge < -0.3 is 10.1 Å². The molecule has 106 valence electrons. The van der Waals surface area contributed by atoms with Gasteiger partial charge in [-0.3, -0.25) is 15.1 Å². The Bertz CT molecular complexity index is 561. The molecule has 1 atom stereocenters. The van der Waals surface area contributed by atoms with Gasteiger partial charge in [-0.25, -0.2) is 0 Å². The van der Waals surface area contributed by atoms with Crippen molar-refractivity contribution >= 4 is 23.6 Å². The summed E-state index contributed by atoms with van der Waals surface area (Å²) in [6.07, 6.45) is 0.768. The van der Waals surface area contributed by atoms with E-state index in [0.29, 0.717) is 19.1 Å². The molecule has 0 aromatic heterocycles. The van der Waals surface area contributed by atoms with E-state index in [1.165, 1.54) is 4.90 Å². The van der Waals surface area contributed by atoms with Gasteiger partial charge in [-0.05, 0) is 12.5 Å². The fourth-order valence-electron chi connectivity index (χ4n) is 2.59. The maximum absolute atomic E-state index is 12.5. The number of aliphatic imine (C=N–C) groups is 1. The number of ether oxygens (including phenoxy) is 1. The van der Waals surface area contributed by atoms with Gasteiger partial charge >= 0.3 is 0 Å². The normalized spacial score (nSPS) is 26.4. The van der Waals surface area contributed by atoms with Crippen LogP contribution in [0.15, 0.2) is 34.2 Å². The Labute approximate surface area is 122 Å². The smallest absolute Gasteiger partial charge is 0.257 e. The van der Waals surface area contributed by atoms with Crippen LogP contribution in [0.3, 0.4) is 0 Å². The summed E-state index contributed by atoms with van der Waals surface area (Å²) in [4.78, 5) is 18.0. The van der Waals surface area contributed by atoms with E-state index >= 15 is 0 Å². The van der Waals surface area contributed by atoms with Crippen molar-refractivity contribution in [3.8, 4) is 0 Å². The SMILES string of the molecule is COCCN=C1NC(=O)C2(CCSc3ccccc32)N1. The third-order valence-electron chi connectivity index (χ3n) is 3.60. The van der Waals surface area contributed by atoms with Crippen LogP contribution in [0.4, 0.5) is 0 Å². The monoisotopic (exact) mass is 291 g/mol. The average Bonchev–Trinajstić information content (AvgIpc) is 2.77. The minimum atomic E-state index is -0.659. The number of nitrogens with zero attached hydrogens (tertiary/aromatic N) is 1. The summed E-state index contributed by atoms with van der Waals surface area (Å²) in [6, 6.07) is 8.06. The molecule has 2 aliphatic heterocycles. The third-order valence-corrected chi connectivity index (χ3v) is 4.67. The van der Waals surface area contributed by atoms with Crippen molar-refractivity contribution < 1.29 is 9.53 Å². The topological polar surface area (TPSA) is 62.7 Å². The van der Waals surface area contributed by atoms with Crippen molar-refractivity contribution in [2.24, 2.45) is 4.99 Å². The highest BCUT2D eigenvalue weighted by Gasteiger charge is 2.49. The number of methoxy groups -OCH3 is 1. The number of fused-ring (bicyclic) bond motifs is 2. The van der Waals surface area contributed by atoms with E-state index in [1.807, 2.05) is 18.2 Å². The number of thioether (sulfide) groups is 1. The molecular formula is C14H17N3O2S. The van der Waals surface area contributed by atoms with Gasteiger partial charge in [0.25, 0.3) is 5.91 Å². The molecule has 6 heteroatoms. The van der Waals surface area contributed by atoms with Crippen molar-refractivity contribution in [2.75, 3.05) is 26.0 Å². The Hall–Kier alpha value is -1.53. The lowest BCUT2D eigenvalue weighted by molar-refractivity contribution is -0.124. The highest BCUT2D eigenvalue weighted by atomic mass is 32.2. The number of carbonyl (C=O) groups excluding carboxylic acids is 1. The first-order chi connectivity index (χ1) is 9.76. The molecule has 2 heterocycles. The number of carbonyl (C=O) groups is 1. The Balaban J connectivity index is 1.90. The average molecular weight is 291 g/mol. The van der Waals surface area contributed by atoms with Crippen LogP contribution in [0.5, 0.6) is 0 Å². The van der Waals surface area contributed by atoms with Crippen LogP contribution in [-0.2, 0) is 15.1 Å². The first-order valence-electron chi connectivity index (χ1n) is 6.61. The molecule has 0 saturated carbocycles. The van der Waals surface area contributed by atoms with Crippen molar-refractivity contribution in [2.45, 2.75) is 16.9 Å². The molecule has 2 N–H and O–H groups in total. The van der Waals surface area contributed by atoms with E-state index in [4.69, 9.17) is 4.74 Å². The fourth-order valence-corrected chi connectivity index (χ4v) is 3.79. The van der Waals surface area contributed by atoms with Crippen LogP contribution >= 0.6 is 11.8 Å². The summed E-state index contributed by atoms with van der Waals surface area (Å²) in [5, 5.41) is 6.14. The van der Waals surface area contributed by atoms with Crippen molar-refractivity contribution in [3.63, 3.8) is 0 Å². The Kier molecular flexibility index (Phi) is 3.67. The largest absolute Gasteiger partial charge is 0.383 e. The summed E-state index contributed by atoms with van der Waals surface area (Å²) >= 11 is 1.79. The van der Waals surface area contributed by atoms with E-state index in [0.717, 1.165) is 17.7 Å². The second-order valence-corrected chi connectivity index (χ2v) is 5.94. The zero-order valence-electron chi connectivity index (χ0n) is 11.3. The highest BCUT2D eigenvalue weighted by molar-refractivity contribution is 7.99. The molecular weight excluding hydrogens is 274 g/mol. The third kappa shape index (κ3) is 2.19. The Morgan fingerprint density at radius 2 is 2.30 bits per heavy atom. The van der Waals surface area contributed by atoms with E-state index in [2.05, 4.69) is 21.7 Å². The molecule has 0 radical (unpaired) electrons. The van der Waals surface area contributed by atoms with Crippen LogP contribution in [-0.4, -0.2) is 37.9 Å². The minimum absolute atomic E-state index is 0.0126. The predicted molar refractivity (Wildman–Crippen MR) is 78.9 cm³/mol. The molecule has 1 aromatic carbocycles. The highest BCUT2D eigenvalue weighted by Crippen LogP contribution is 2.41. The van der Waals surface area contributed by atoms with Gasteiger partial charge in [-0.2, -0.15) is 0 Å². The molecule has 20 heavy (non-hydrogen) atoms. The van der Waals surface area contributed by atoms with Crippen molar-refractivity contribution in [3.05, 3.63) is 29.8 Å². The van der Waals surface area contributed by atoms with Gasteiger partial charge in [0, 0.05) is 23.3 Å². The molecule has 1 amide bonds. The molecule has 0 bridgehead atoms. The van der Waals surface area contributed by atoms with Gasteiger partial charge in [-0.15, -0.1) is 11.8 Å². The van der Waals surface area contributed by atoms with Gasteiger partial charge in [0.1, 0.15) is 5.54 Å². The van der Waals surface area contributed by atoms with E-state index in [-0.39, 0.29) is 5.91 Å². The molecule has 1 saturated heterocycles. The lowest BCUT2D eigenvalue weighted by atomic mass is 9.87. The summed E-state index contributed by atoms with van der Waals surface area (Å²) in [5.41, 5.74) is 0.388. The van der Waals surface area contributed by atoms with Crippen LogP contribution < -0.4 is 10.6 Å². The number of hydrogen-bond donors (Lipinski definition) is 2. The number of rotatable bonds is 3. The second kappa shape index (κ2) is 5.46. The van der Waals surface area contributed by atoms with E-state index in [1.54, 1.807) is 18.9 Å². The summed E-state index contributed by atoms with van der Waals surface area (Å²) in [7, 11) is 1.64. The van der Waals surface area contributed by atoms with Gasteiger partial charge in [0.05, 0.1) is 13.2 Å². The number of amides is 1. The Morgan fingerprint density at radius 3 is 3.15 bits per heavy atom. The second-order valence-electron chi connectivity index (χ2n) is 4.80. The molecule has 1 fully saturated rings. The quantitative estimate of drug-likeness (QED) is 0.819. The van der Waals surface area contributed by atoms with Gasteiger partial charge in [0.2, 0.25) is 0 Å². The van der Waals surface area contributed by atoms with Crippen LogP contribution in [0, 0.1) is 0 Å². The lowest BCUT2D eigenvalue weighted by Gasteiger charge is -2.32. The summed E-state index contributed by atoms with van der Waals surface area (Å²) < 4.78 is 4.97. The standard InChI is InChI=1S/C14H17N3O2S/c1-19-8-7-15-13-16-12(18)14(17-13)6-9-20-11-5-3-2-4-10(11)14/h2-5H,6-9H2,1H3,(H2,15,16,17,18). The number of hydrogen-bond acceptors (Lipinski definition) is 4. The molecule has 0 aliphatic carbocycles. The summed E-state index contributed by atoms with van der Waals surface area (Å²) in [5.74, 6) is 1.46. The predicted octanol–water partition coefficient (Wildman–Crippen LogP) is 1.10. The summed E-state index contributed by atoms with van der Waals surface area (Å²) in [6.45, 7) is 1.08. The lowest BCUT2D eigenvalue weighted by Crippen LogP contribution is -2.46. The van der Waals surface area contributed by atoms with Crippen molar-refractivity contribution in [1.82, 2.24) is 10.6 Å². The first-order valence-corrected chi connectivity index (χ1v) is 7.60. The van der Waals surface area contributed by atoms with Crippen molar-refractivity contribution in [1.29, 1.82) is 0 Å². The molecule has 1 spiro atoms. The van der Waals surface area contributed by atoms with Gasteiger partial charge in [0.15, 0.2) is 5.96 Å². The van der Waals surface area contributed by atoms with Crippen LogP contribution in [0.25, 0.3) is 0 Å². The maximum Gasteiger partial charge on any atom is 0.257 e. The fraction of sp³-hybridized carbons (Fsp3) is 0.429. The number of benzene rings is 1. The Morgan fingerprint density at radius 1 is 1.45 bits per heavy atom. The van der Waals surface area contributed by atoms with Crippen LogP contribution in [0.2, 0.25) is 0 Å².